The highest BCUT2D eigenvalue weighted by Gasteiger charge is 2.27. The molecule has 2 nitrogen and oxygen atoms in total. The zero-order chi connectivity index (χ0) is 10.7. The summed E-state index contributed by atoms with van der Waals surface area (Å²) >= 11 is 0. The number of nitrogens with zero attached hydrogens (tertiary/aromatic N) is 2. The van der Waals surface area contributed by atoms with Gasteiger partial charge in [0.25, 0.3) is 0 Å². The molecule has 0 radical (unpaired) electrons. The van der Waals surface area contributed by atoms with Gasteiger partial charge in [-0.2, -0.15) is 0 Å². The highest BCUT2D eigenvalue weighted by molar-refractivity contribution is 4.83. The van der Waals surface area contributed by atoms with Gasteiger partial charge in [-0.3, -0.25) is 4.90 Å². The molecule has 1 fully saturated rings. The van der Waals surface area contributed by atoms with Crippen molar-refractivity contribution in [2.45, 2.75) is 46.2 Å². The maximum absolute atomic E-state index is 2.62. The van der Waals surface area contributed by atoms with Crippen molar-refractivity contribution < 1.29 is 0 Å². The fourth-order valence-electron chi connectivity index (χ4n) is 2.36. The van der Waals surface area contributed by atoms with Gasteiger partial charge in [0.1, 0.15) is 0 Å². The fraction of sp³-hybridized carbons (Fsp3) is 1.00. The molecule has 1 saturated heterocycles. The van der Waals surface area contributed by atoms with Crippen LogP contribution in [0.1, 0.15) is 34.1 Å². The van der Waals surface area contributed by atoms with Crippen LogP contribution in [0.5, 0.6) is 0 Å². The molecule has 0 N–H and O–H groups in total. The number of rotatable bonds is 3. The number of likely N-dealkylation sites (tertiary alicyclic amines) is 1. The van der Waals surface area contributed by atoms with Gasteiger partial charge in [-0.05, 0) is 39.8 Å². The average molecular weight is 198 g/mol. The van der Waals surface area contributed by atoms with Crippen LogP contribution < -0.4 is 0 Å². The number of likely N-dealkylation sites (N-methyl/N-ethyl adjacent to an activating group) is 1. The number of hydrogen-bond donors (Lipinski definition) is 0. The molecule has 2 heteroatoms. The van der Waals surface area contributed by atoms with Gasteiger partial charge in [0.05, 0.1) is 0 Å². The third-order valence-corrected chi connectivity index (χ3v) is 3.52. The lowest BCUT2D eigenvalue weighted by atomic mass is 9.94. The summed E-state index contributed by atoms with van der Waals surface area (Å²) in [4.78, 5) is 5.11. The third kappa shape index (κ3) is 2.96. The van der Waals surface area contributed by atoms with Gasteiger partial charge in [-0.1, -0.05) is 13.8 Å². The van der Waals surface area contributed by atoms with E-state index in [2.05, 4.69) is 44.5 Å². The second-order valence-electron chi connectivity index (χ2n) is 5.12. The van der Waals surface area contributed by atoms with Gasteiger partial charge in [-0.25, -0.2) is 0 Å². The van der Waals surface area contributed by atoms with E-state index >= 15 is 0 Å². The summed E-state index contributed by atoms with van der Waals surface area (Å²) in [6.07, 6.45) is 1.37. The monoisotopic (exact) mass is 198 g/mol. The van der Waals surface area contributed by atoms with Crippen LogP contribution in [-0.4, -0.2) is 48.6 Å². The minimum atomic E-state index is 0.700. The molecule has 0 spiro atoms. The lowest BCUT2D eigenvalue weighted by Crippen LogP contribution is -2.51. The van der Waals surface area contributed by atoms with E-state index in [1.54, 1.807) is 0 Å². The second kappa shape index (κ2) is 5.13. The SMILES string of the molecule is CCN(C)C1CC(C)CN(C(C)C)C1. The van der Waals surface area contributed by atoms with Crippen molar-refractivity contribution in [3.8, 4) is 0 Å². The van der Waals surface area contributed by atoms with Crippen LogP contribution in [0.3, 0.4) is 0 Å². The molecule has 2 unspecified atom stereocenters. The molecule has 0 aromatic rings. The topological polar surface area (TPSA) is 6.48 Å². The maximum atomic E-state index is 2.62. The smallest absolute Gasteiger partial charge is 0.0223 e. The van der Waals surface area contributed by atoms with E-state index in [4.69, 9.17) is 0 Å². The van der Waals surface area contributed by atoms with E-state index in [0.29, 0.717) is 6.04 Å². The van der Waals surface area contributed by atoms with Gasteiger partial charge < -0.3 is 4.90 Å². The predicted molar refractivity (Wildman–Crippen MR) is 62.6 cm³/mol. The second-order valence-corrected chi connectivity index (χ2v) is 5.12. The Morgan fingerprint density at radius 1 is 1.36 bits per heavy atom. The Balaban J connectivity index is 2.53. The molecule has 0 aromatic carbocycles. The Labute approximate surface area is 89.3 Å². The van der Waals surface area contributed by atoms with E-state index in [0.717, 1.165) is 12.0 Å². The first-order chi connectivity index (χ1) is 6.54. The molecule has 1 aliphatic heterocycles. The molecule has 84 valence electrons. The molecule has 1 aliphatic rings. The average Bonchev–Trinajstić information content (AvgIpc) is 2.15. The Morgan fingerprint density at radius 3 is 2.50 bits per heavy atom. The molecule has 1 heterocycles. The van der Waals surface area contributed by atoms with Crippen LogP contribution in [0.4, 0.5) is 0 Å². The normalized spacial score (nSPS) is 30.2. The molecular formula is C12H26N2. The summed E-state index contributed by atoms with van der Waals surface area (Å²) in [5.74, 6) is 0.852. The summed E-state index contributed by atoms with van der Waals surface area (Å²) in [5, 5.41) is 0. The Kier molecular flexibility index (Phi) is 4.39. The maximum Gasteiger partial charge on any atom is 0.0223 e. The van der Waals surface area contributed by atoms with E-state index in [-0.39, 0.29) is 0 Å². The Morgan fingerprint density at radius 2 is 2.00 bits per heavy atom. The molecule has 0 aromatic heterocycles. The zero-order valence-corrected chi connectivity index (χ0v) is 10.5. The first-order valence-corrected chi connectivity index (χ1v) is 5.98. The van der Waals surface area contributed by atoms with Gasteiger partial charge >= 0.3 is 0 Å². The summed E-state index contributed by atoms with van der Waals surface area (Å²) in [5.41, 5.74) is 0. The van der Waals surface area contributed by atoms with Crippen molar-refractivity contribution in [2.75, 3.05) is 26.7 Å². The van der Waals surface area contributed by atoms with E-state index in [1.165, 1.54) is 26.1 Å². The standard InChI is InChI=1S/C12H26N2/c1-6-13(5)12-7-11(4)8-14(9-12)10(2)3/h10-12H,6-9H2,1-5H3. The summed E-state index contributed by atoms with van der Waals surface area (Å²) in [7, 11) is 2.25. The summed E-state index contributed by atoms with van der Waals surface area (Å²) in [6, 6.07) is 1.47. The van der Waals surface area contributed by atoms with Gasteiger partial charge in [-0.15, -0.1) is 0 Å². The molecule has 0 saturated carbocycles. The number of piperidine rings is 1. The fourth-order valence-corrected chi connectivity index (χ4v) is 2.36. The van der Waals surface area contributed by atoms with E-state index in [9.17, 15) is 0 Å². The lowest BCUT2D eigenvalue weighted by molar-refractivity contribution is 0.0692. The molecule has 0 aliphatic carbocycles. The number of hydrogen-bond acceptors (Lipinski definition) is 2. The molecule has 2 atom stereocenters. The van der Waals surface area contributed by atoms with Crippen molar-refractivity contribution in [2.24, 2.45) is 5.92 Å². The van der Waals surface area contributed by atoms with Gasteiger partial charge in [0, 0.05) is 25.2 Å². The highest BCUT2D eigenvalue weighted by Crippen LogP contribution is 2.21. The molecular weight excluding hydrogens is 172 g/mol. The predicted octanol–water partition coefficient (Wildman–Crippen LogP) is 2.06. The van der Waals surface area contributed by atoms with E-state index < -0.39 is 0 Å². The molecule has 14 heavy (non-hydrogen) atoms. The Hall–Kier alpha value is -0.0800. The van der Waals surface area contributed by atoms with Crippen LogP contribution in [0.15, 0.2) is 0 Å². The first-order valence-electron chi connectivity index (χ1n) is 5.98. The van der Waals surface area contributed by atoms with Crippen LogP contribution in [0.2, 0.25) is 0 Å². The van der Waals surface area contributed by atoms with Crippen LogP contribution in [-0.2, 0) is 0 Å². The quantitative estimate of drug-likeness (QED) is 0.685. The van der Waals surface area contributed by atoms with Crippen molar-refractivity contribution >= 4 is 0 Å². The lowest BCUT2D eigenvalue weighted by Gasteiger charge is -2.42. The first kappa shape index (κ1) is 12.0. The van der Waals surface area contributed by atoms with Crippen molar-refractivity contribution in [3.05, 3.63) is 0 Å². The third-order valence-electron chi connectivity index (χ3n) is 3.52. The van der Waals surface area contributed by atoms with Crippen molar-refractivity contribution in [3.63, 3.8) is 0 Å². The van der Waals surface area contributed by atoms with Gasteiger partial charge in [0.15, 0.2) is 0 Å². The van der Waals surface area contributed by atoms with Crippen LogP contribution in [0.25, 0.3) is 0 Å². The Bertz CT molecular complexity index is 168. The highest BCUT2D eigenvalue weighted by atomic mass is 15.2. The molecule has 0 bridgehead atoms. The van der Waals surface area contributed by atoms with Crippen molar-refractivity contribution in [1.82, 2.24) is 9.80 Å². The molecule has 0 amide bonds. The van der Waals surface area contributed by atoms with E-state index in [1.807, 2.05) is 0 Å². The minimum absolute atomic E-state index is 0.700. The molecule has 1 rings (SSSR count). The van der Waals surface area contributed by atoms with Crippen molar-refractivity contribution in [1.29, 1.82) is 0 Å². The zero-order valence-electron chi connectivity index (χ0n) is 10.5. The van der Waals surface area contributed by atoms with Crippen LogP contribution >= 0.6 is 0 Å². The largest absolute Gasteiger partial charge is 0.302 e. The van der Waals surface area contributed by atoms with Gasteiger partial charge in [0.2, 0.25) is 0 Å². The minimum Gasteiger partial charge on any atom is -0.302 e. The summed E-state index contributed by atoms with van der Waals surface area (Å²) < 4.78 is 0. The van der Waals surface area contributed by atoms with Crippen LogP contribution in [0, 0.1) is 5.92 Å². The summed E-state index contributed by atoms with van der Waals surface area (Å²) in [6.45, 7) is 13.0.